The summed E-state index contributed by atoms with van der Waals surface area (Å²) in [5.74, 6) is 0. The van der Waals surface area contributed by atoms with Gasteiger partial charge in [0.2, 0.25) is 0 Å². The Kier molecular flexibility index (Phi) is 5.50. The minimum atomic E-state index is 0.00877. The van der Waals surface area contributed by atoms with E-state index in [0.717, 1.165) is 13.2 Å². The van der Waals surface area contributed by atoms with Crippen LogP contribution < -0.4 is 5.32 Å². The highest BCUT2D eigenvalue weighted by Gasteiger charge is 2.40. The van der Waals surface area contributed by atoms with Crippen LogP contribution >= 0.6 is 0 Å². The lowest BCUT2D eigenvalue weighted by Crippen LogP contribution is -2.54. The van der Waals surface area contributed by atoms with E-state index in [-0.39, 0.29) is 5.60 Å². The summed E-state index contributed by atoms with van der Waals surface area (Å²) in [6.07, 6.45) is 6.27. The van der Waals surface area contributed by atoms with Crippen molar-refractivity contribution >= 4 is 0 Å². The Balaban J connectivity index is 2.82. The summed E-state index contributed by atoms with van der Waals surface area (Å²) in [5, 5.41) is 3.55. The molecule has 0 aromatic rings. The molecule has 1 N–H and O–H groups in total. The zero-order valence-corrected chi connectivity index (χ0v) is 11.1. The number of likely N-dealkylation sites (N-methyl/N-ethyl adjacent to an activating group) is 1. The van der Waals surface area contributed by atoms with E-state index < -0.39 is 0 Å². The maximum absolute atomic E-state index is 6.12. The lowest BCUT2D eigenvalue weighted by Gasteiger charge is -2.44. The molecule has 0 heterocycles. The van der Waals surface area contributed by atoms with E-state index in [1.54, 1.807) is 0 Å². The van der Waals surface area contributed by atoms with E-state index in [0.29, 0.717) is 6.04 Å². The van der Waals surface area contributed by atoms with Crippen molar-refractivity contribution in [1.82, 2.24) is 5.32 Å². The first-order chi connectivity index (χ1) is 7.66. The Morgan fingerprint density at radius 2 is 1.94 bits per heavy atom. The smallest absolute Gasteiger partial charge is 0.0872 e. The molecule has 16 heavy (non-hydrogen) atoms. The highest BCUT2D eigenvalue weighted by Crippen LogP contribution is 2.36. The van der Waals surface area contributed by atoms with Gasteiger partial charge in [-0.25, -0.2) is 0 Å². The van der Waals surface area contributed by atoms with Crippen LogP contribution in [-0.4, -0.2) is 24.8 Å². The number of ether oxygens (including phenoxy) is 1. The van der Waals surface area contributed by atoms with Crippen LogP contribution in [0.5, 0.6) is 0 Å². The van der Waals surface area contributed by atoms with Gasteiger partial charge >= 0.3 is 0 Å². The fraction of sp³-hybridized carbons (Fsp3) is 0.857. The summed E-state index contributed by atoms with van der Waals surface area (Å²) in [7, 11) is 0. The van der Waals surface area contributed by atoms with Crippen LogP contribution in [0.4, 0.5) is 0 Å². The number of hydrogen-bond donors (Lipinski definition) is 1. The molecule has 0 bridgehead atoms. The van der Waals surface area contributed by atoms with Gasteiger partial charge in [-0.15, -0.1) is 0 Å². The van der Waals surface area contributed by atoms with Crippen LogP contribution in [-0.2, 0) is 4.74 Å². The molecular weight excluding hydrogens is 198 g/mol. The number of hydrogen-bond acceptors (Lipinski definition) is 2. The summed E-state index contributed by atoms with van der Waals surface area (Å²) in [6, 6.07) is 0.317. The van der Waals surface area contributed by atoms with Crippen molar-refractivity contribution in [2.24, 2.45) is 0 Å². The molecule has 0 spiro atoms. The fourth-order valence-corrected chi connectivity index (χ4v) is 2.97. The summed E-state index contributed by atoms with van der Waals surface area (Å²) in [6.45, 7) is 12.3. The Hall–Kier alpha value is -0.340. The summed E-state index contributed by atoms with van der Waals surface area (Å²) < 4.78 is 6.12. The molecule has 1 rings (SSSR count). The van der Waals surface area contributed by atoms with Crippen molar-refractivity contribution in [3.63, 3.8) is 0 Å². The van der Waals surface area contributed by atoms with Gasteiger partial charge in [-0.2, -0.15) is 0 Å². The van der Waals surface area contributed by atoms with Crippen LogP contribution in [0.15, 0.2) is 12.2 Å². The largest absolute Gasteiger partial charge is 0.373 e. The van der Waals surface area contributed by atoms with Crippen LogP contribution in [0, 0.1) is 0 Å². The molecule has 1 atom stereocenters. The Morgan fingerprint density at radius 1 is 1.31 bits per heavy atom. The minimum absolute atomic E-state index is 0.00877. The SMILES string of the molecule is C=C(C)C(NCC)C1(OCC)CCCCC1. The van der Waals surface area contributed by atoms with E-state index in [1.165, 1.54) is 37.7 Å². The Bertz CT molecular complexity index is 213. The molecular formula is C14H27NO. The van der Waals surface area contributed by atoms with E-state index in [1.807, 2.05) is 0 Å². The molecule has 0 aromatic heterocycles. The highest BCUT2D eigenvalue weighted by atomic mass is 16.5. The molecule has 0 saturated heterocycles. The summed E-state index contributed by atoms with van der Waals surface area (Å²) in [4.78, 5) is 0. The maximum Gasteiger partial charge on any atom is 0.0872 e. The molecule has 2 heteroatoms. The van der Waals surface area contributed by atoms with Gasteiger partial charge in [0.1, 0.15) is 0 Å². The third kappa shape index (κ3) is 3.08. The first-order valence-corrected chi connectivity index (χ1v) is 6.69. The average Bonchev–Trinajstić information content (AvgIpc) is 2.27. The Morgan fingerprint density at radius 3 is 2.38 bits per heavy atom. The molecule has 0 aromatic carbocycles. The zero-order valence-electron chi connectivity index (χ0n) is 11.1. The third-order valence-corrected chi connectivity index (χ3v) is 3.56. The van der Waals surface area contributed by atoms with Crippen LogP contribution in [0.25, 0.3) is 0 Å². The summed E-state index contributed by atoms with van der Waals surface area (Å²) in [5.41, 5.74) is 1.21. The zero-order chi connectivity index (χ0) is 12.0. The molecule has 1 saturated carbocycles. The van der Waals surface area contributed by atoms with Crippen molar-refractivity contribution in [1.29, 1.82) is 0 Å². The molecule has 2 nitrogen and oxygen atoms in total. The van der Waals surface area contributed by atoms with Crippen molar-refractivity contribution < 1.29 is 4.74 Å². The lowest BCUT2D eigenvalue weighted by molar-refractivity contribution is -0.0815. The predicted octanol–water partition coefficient (Wildman–Crippen LogP) is 3.28. The molecule has 1 aliphatic carbocycles. The second-order valence-electron chi connectivity index (χ2n) is 4.90. The maximum atomic E-state index is 6.12. The minimum Gasteiger partial charge on any atom is -0.373 e. The van der Waals surface area contributed by atoms with Gasteiger partial charge in [0, 0.05) is 6.61 Å². The van der Waals surface area contributed by atoms with Crippen LogP contribution in [0.2, 0.25) is 0 Å². The quantitative estimate of drug-likeness (QED) is 0.700. The standard InChI is InChI=1S/C14H27NO/c1-5-15-13(12(3)4)14(16-6-2)10-8-7-9-11-14/h13,15H,3,5-11H2,1-2,4H3. The van der Waals surface area contributed by atoms with Gasteiger partial charge in [0.15, 0.2) is 0 Å². The van der Waals surface area contributed by atoms with E-state index in [4.69, 9.17) is 4.74 Å². The molecule has 0 amide bonds. The van der Waals surface area contributed by atoms with Crippen molar-refractivity contribution in [3.05, 3.63) is 12.2 Å². The van der Waals surface area contributed by atoms with Crippen molar-refractivity contribution in [3.8, 4) is 0 Å². The second kappa shape index (κ2) is 6.41. The van der Waals surface area contributed by atoms with Crippen LogP contribution in [0.3, 0.4) is 0 Å². The van der Waals surface area contributed by atoms with Gasteiger partial charge in [0.05, 0.1) is 11.6 Å². The first kappa shape index (κ1) is 13.7. The van der Waals surface area contributed by atoms with E-state index >= 15 is 0 Å². The van der Waals surface area contributed by atoms with Gasteiger partial charge in [-0.1, -0.05) is 38.3 Å². The Labute approximate surface area is 100 Å². The van der Waals surface area contributed by atoms with Gasteiger partial charge < -0.3 is 10.1 Å². The molecule has 1 fully saturated rings. The van der Waals surface area contributed by atoms with Gasteiger partial charge in [-0.05, 0) is 33.2 Å². The van der Waals surface area contributed by atoms with E-state index in [2.05, 4.69) is 32.7 Å². The second-order valence-corrected chi connectivity index (χ2v) is 4.90. The molecule has 1 unspecified atom stereocenters. The monoisotopic (exact) mass is 225 g/mol. The van der Waals surface area contributed by atoms with Gasteiger partial charge in [-0.3, -0.25) is 0 Å². The molecule has 94 valence electrons. The highest BCUT2D eigenvalue weighted by molar-refractivity contribution is 5.12. The fourth-order valence-electron chi connectivity index (χ4n) is 2.97. The van der Waals surface area contributed by atoms with E-state index in [9.17, 15) is 0 Å². The van der Waals surface area contributed by atoms with Crippen molar-refractivity contribution in [2.45, 2.75) is 64.5 Å². The normalized spacial score (nSPS) is 21.7. The average molecular weight is 225 g/mol. The summed E-state index contributed by atoms with van der Waals surface area (Å²) >= 11 is 0. The number of nitrogens with one attached hydrogen (secondary N) is 1. The molecule has 1 aliphatic rings. The first-order valence-electron chi connectivity index (χ1n) is 6.69. The third-order valence-electron chi connectivity index (χ3n) is 3.56. The van der Waals surface area contributed by atoms with Gasteiger partial charge in [0.25, 0.3) is 0 Å². The van der Waals surface area contributed by atoms with Crippen LogP contribution in [0.1, 0.15) is 52.9 Å². The topological polar surface area (TPSA) is 21.3 Å². The molecule has 0 aliphatic heterocycles. The number of rotatable bonds is 6. The molecule has 0 radical (unpaired) electrons. The lowest BCUT2D eigenvalue weighted by atomic mass is 9.77. The van der Waals surface area contributed by atoms with Crippen molar-refractivity contribution in [2.75, 3.05) is 13.2 Å². The predicted molar refractivity (Wildman–Crippen MR) is 69.7 cm³/mol.